The van der Waals surface area contributed by atoms with E-state index < -0.39 is 79.1 Å². The molecule has 0 radical (unpaired) electrons. The summed E-state index contributed by atoms with van der Waals surface area (Å²) in [6.45, 7) is 1.08. The van der Waals surface area contributed by atoms with E-state index in [0.29, 0.717) is 0 Å². The Morgan fingerprint density at radius 2 is 1.42 bits per heavy atom. The van der Waals surface area contributed by atoms with E-state index in [0.717, 1.165) is 31.2 Å². The maximum Gasteiger partial charge on any atom is 0.335 e. The van der Waals surface area contributed by atoms with Crippen LogP contribution in [0.25, 0.3) is 0 Å². The molecule has 2 rings (SSSR count). The minimum atomic E-state index is -2.36. The molecular formula is C20H26N2O14. The van der Waals surface area contributed by atoms with Crippen molar-refractivity contribution >= 4 is 23.8 Å². The third kappa shape index (κ3) is 6.93. The zero-order valence-corrected chi connectivity index (χ0v) is 18.5. The first-order chi connectivity index (χ1) is 16.7. The Morgan fingerprint density at radius 3 is 1.86 bits per heavy atom. The van der Waals surface area contributed by atoms with Gasteiger partial charge in [0.1, 0.15) is 18.3 Å². The summed E-state index contributed by atoms with van der Waals surface area (Å²) in [6.07, 6.45) is -17.1. The van der Waals surface area contributed by atoms with Crippen LogP contribution in [-0.4, -0.2) is 120 Å². The van der Waals surface area contributed by atoms with E-state index in [2.05, 4.69) is 5.32 Å². The molecule has 8 atom stereocenters. The van der Waals surface area contributed by atoms with Gasteiger partial charge in [-0.2, -0.15) is 0 Å². The average molecular weight is 518 g/mol. The first-order valence-electron chi connectivity index (χ1n) is 10.3. The van der Waals surface area contributed by atoms with Crippen molar-refractivity contribution in [3.63, 3.8) is 0 Å². The molecule has 8 unspecified atom stereocenters. The Hall–Kier alpha value is -3.22. The maximum atomic E-state index is 12.5. The van der Waals surface area contributed by atoms with Gasteiger partial charge in [0.05, 0.1) is 6.10 Å². The van der Waals surface area contributed by atoms with Crippen LogP contribution >= 0.6 is 0 Å². The van der Waals surface area contributed by atoms with Crippen LogP contribution in [0.1, 0.15) is 27.6 Å². The molecule has 0 aliphatic carbocycles. The standard InChI is InChI=1S/C20H26N2O14/c1-6(23)12(18(29)30)35-17(20(33)34)22-15(28)8-4-2-7(3-5-8)14(27)21-16-11(26)9(24)10(25)13(36-16)19(31)32/h2-6,9-13,16-17,20,23-26,33-34H,1H3,(H,21,27)(H,22,28)(H,29,30)(H,31,32). The quantitative estimate of drug-likeness (QED) is 0.131. The van der Waals surface area contributed by atoms with Crippen molar-refractivity contribution in [1.29, 1.82) is 0 Å². The molecule has 10 N–H and O–H groups in total. The number of aliphatic carboxylic acids is 2. The fourth-order valence-electron chi connectivity index (χ4n) is 3.12. The number of nitrogens with one attached hydrogen (secondary N) is 2. The van der Waals surface area contributed by atoms with Crippen LogP contribution in [0.4, 0.5) is 0 Å². The van der Waals surface area contributed by atoms with Crippen LogP contribution in [0.15, 0.2) is 24.3 Å². The van der Waals surface area contributed by atoms with Crippen molar-refractivity contribution < 1.29 is 69.5 Å². The number of carbonyl (C=O) groups is 4. The molecular weight excluding hydrogens is 492 g/mol. The molecule has 1 heterocycles. The van der Waals surface area contributed by atoms with Gasteiger partial charge in [0.25, 0.3) is 11.8 Å². The van der Waals surface area contributed by atoms with Crippen LogP contribution in [0.2, 0.25) is 0 Å². The highest BCUT2D eigenvalue weighted by molar-refractivity contribution is 5.98. The molecule has 0 aromatic heterocycles. The molecule has 1 aromatic carbocycles. The number of aliphatic hydroxyl groups is 6. The largest absolute Gasteiger partial charge is 0.479 e. The second kappa shape index (κ2) is 12.2. The summed E-state index contributed by atoms with van der Waals surface area (Å²) >= 11 is 0. The third-order valence-corrected chi connectivity index (χ3v) is 5.06. The Labute approximate surface area is 202 Å². The van der Waals surface area contributed by atoms with Gasteiger partial charge in [0.2, 0.25) is 0 Å². The Bertz CT molecular complexity index is 952. The van der Waals surface area contributed by atoms with Crippen molar-refractivity contribution in [2.45, 2.75) is 62.3 Å². The van der Waals surface area contributed by atoms with Crippen LogP contribution in [0, 0.1) is 0 Å². The molecule has 1 fully saturated rings. The molecule has 1 aliphatic heterocycles. The highest BCUT2D eigenvalue weighted by Crippen LogP contribution is 2.20. The number of aliphatic hydroxyl groups excluding tert-OH is 5. The lowest BCUT2D eigenvalue weighted by atomic mass is 9.98. The zero-order valence-electron chi connectivity index (χ0n) is 18.5. The van der Waals surface area contributed by atoms with E-state index in [4.69, 9.17) is 19.7 Å². The summed E-state index contributed by atoms with van der Waals surface area (Å²) in [4.78, 5) is 47.1. The van der Waals surface area contributed by atoms with Gasteiger partial charge in [0.15, 0.2) is 31.0 Å². The van der Waals surface area contributed by atoms with Crippen LogP contribution < -0.4 is 10.6 Å². The number of hydrogen-bond donors (Lipinski definition) is 10. The van der Waals surface area contributed by atoms with Crippen LogP contribution in [0.3, 0.4) is 0 Å². The molecule has 16 heteroatoms. The topological polar surface area (TPSA) is 273 Å². The number of ether oxygens (including phenoxy) is 2. The van der Waals surface area contributed by atoms with E-state index in [-0.39, 0.29) is 11.1 Å². The lowest BCUT2D eigenvalue weighted by Gasteiger charge is -2.38. The molecule has 0 bridgehead atoms. The van der Waals surface area contributed by atoms with E-state index in [1.165, 1.54) is 0 Å². The SMILES string of the molecule is CC(O)C(OC(NC(=O)c1ccc(C(=O)NC2OC(C(=O)O)C(O)C(O)C2O)cc1)C(O)O)C(=O)O. The van der Waals surface area contributed by atoms with Crippen molar-refractivity contribution in [2.24, 2.45) is 0 Å². The summed E-state index contributed by atoms with van der Waals surface area (Å²) in [5.41, 5.74) is -0.243. The molecule has 200 valence electrons. The first kappa shape index (κ1) is 29.0. The van der Waals surface area contributed by atoms with Crippen molar-refractivity contribution in [1.82, 2.24) is 10.6 Å². The number of hydrogen-bond acceptors (Lipinski definition) is 12. The van der Waals surface area contributed by atoms with Gasteiger partial charge in [0, 0.05) is 11.1 Å². The summed E-state index contributed by atoms with van der Waals surface area (Å²) < 4.78 is 9.81. The second-order valence-electron chi connectivity index (χ2n) is 7.78. The highest BCUT2D eigenvalue weighted by Gasteiger charge is 2.47. The number of rotatable bonds is 10. The average Bonchev–Trinajstić information content (AvgIpc) is 2.80. The van der Waals surface area contributed by atoms with Gasteiger partial charge in [-0.25, -0.2) is 9.59 Å². The van der Waals surface area contributed by atoms with Crippen molar-refractivity contribution in [2.75, 3.05) is 0 Å². The molecule has 1 aliphatic rings. The minimum absolute atomic E-state index is 0.107. The first-order valence-corrected chi connectivity index (χ1v) is 10.3. The molecule has 2 amide bonds. The number of amides is 2. The van der Waals surface area contributed by atoms with Crippen molar-refractivity contribution in [3.8, 4) is 0 Å². The van der Waals surface area contributed by atoms with Gasteiger partial charge in [-0.15, -0.1) is 0 Å². The van der Waals surface area contributed by atoms with E-state index in [1.807, 2.05) is 5.32 Å². The highest BCUT2D eigenvalue weighted by atomic mass is 16.6. The van der Waals surface area contributed by atoms with E-state index >= 15 is 0 Å². The van der Waals surface area contributed by atoms with Gasteiger partial charge in [-0.1, -0.05) is 0 Å². The molecule has 0 spiro atoms. The van der Waals surface area contributed by atoms with Gasteiger partial charge in [-0.3, -0.25) is 9.59 Å². The lowest BCUT2D eigenvalue weighted by Crippen LogP contribution is -2.64. The fraction of sp³-hybridized carbons (Fsp3) is 0.500. The Kier molecular flexibility index (Phi) is 9.79. The molecule has 0 saturated carbocycles. The molecule has 16 nitrogen and oxygen atoms in total. The van der Waals surface area contributed by atoms with Gasteiger partial charge < -0.3 is 61.0 Å². The van der Waals surface area contributed by atoms with Crippen molar-refractivity contribution in [3.05, 3.63) is 35.4 Å². The summed E-state index contributed by atoms with van der Waals surface area (Å²) in [5.74, 6) is -5.14. The monoisotopic (exact) mass is 518 g/mol. The second-order valence-corrected chi connectivity index (χ2v) is 7.78. The van der Waals surface area contributed by atoms with Crippen LogP contribution in [-0.2, 0) is 19.1 Å². The number of benzene rings is 1. The maximum absolute atomic E-state index is 12.5. The summed E-state index contributed by atoms with van der Waals surface area (Å²) in [6, 6.07) is 4.48. The van der Waals surface area contributed by atoms with Crippen LogP contribution in [0.5, 0.6) is 0 Å². The lowest BCUT2D eigenvalue weighted by molar-refractivity contribution is -0.231. The molecule has 1 saturated heterocycles. The summed E-state index contributed by atoms with van der Waals surface area (Å²) in [7, 11) is 0. The van der Waals surface area contributed by atoms with Gasteiger partial charge >= 0.3 is 11.9 Å². The smallest absolute Gasteiger partial charge is 0.335 e. The number of carboxylic acids is 2. The predicted molar refractivity (Wildman–Crippen MR) is 112 cm³/mol. The molecule has 1 aromatic rings. The third-order valence-electron chi connectivity index (χ3n) is 5.06. The van der Waals surface area contributed by atoms with Gasteiger partial charge in [-0.05, 0) is 31.2 Å². The Balaban J connectivity index is 2.07. The van der Waals surface area contributed by atoms with E-state index in [1.54, 1.807) is 0 Å². The molecule has 36 heavy (non-hydrogen) atoms. The number of carboxylic acid groups (broad SMARTS) is 2. The minimum Gasteiger partial charge on any atom is -0.479 e. The number of carbonyl (C=O) groups excluding carboxylic acids is 2. The zero-order chi connectivity index (χ0) is 27.3. The fourth-order valence-corrected chi connectivity index (χ4v) is 3.12. The normalized spacial score (nSPS) is 26.5. The predicted octanol–water partition coefficient (Wildman–Crippen LogP) is -4.47. The summed E-state index contributed by atoms with van der Waals surface area (Å²) in [5, 5.41) is 80.0. The van der Waals surface area contributed by atoms with E-state index in [9.17, 15) is 49.8 Å². The Morgan fingerprint density at radius 1 is 0.889 bits per heavy atom.